The molecule has 2 rings (SSSR count). The summed E-state index contributed by atoms with van der Waals surface area (Å²) in [5.74, 6) is 0. The zero-order valence-electron chi connectivity index (χ0n) is 7.39. The van der Waals surface area contributed by atoms with Crippen LogP contribution in [0, 0.1) is 0 Å². The van der Waals surface area contributed by atoms with Crippen LogP contribution in [-0.2, 0) is 6.42 Å². The second-order valence-corrected chi connectivity index (χ2v) is 3.27. The number of hydrogen-bond acceptors (Lipinski definition) is 3. The normalized spacial score (nSPS) is 10.1. The van der Waals surface area contributed by atoms with Crippen LogP contribution in [0.25, 0.3) is 0 Å². The van der Waals surface area contributed by atoms with Crippen molar-refractivity contribution in [3.63, 3.8) is 0 Å². The molecule has 0 spiro atoms. The van der Waals surface area contributed by atoms with Gasteiger partial charge in [0.2, 0.25) is 0 Å². The molecule has 0 amide bonds. The van der Waals surface area contributed by atoms with Gasteiger partial charge < -0.3 is 0 Å². The maximum atomic E-state index is 5.63. The first-order chi connectivity index (χ1) is 6.84. The second kappa shape index (κ2) is 4.15. The minimum absolute atomic E-state index is 0.417. The highest BCUT2D eigenvalue weighted by Crippen LogP contribution is 2.07. The molecule has 0 aliphatic carbocycles. The molecule has 0 bridgehead atoms. The third-order valence-corrected chi connectivity index (χ3v) is 2.00. The summed E-state index contributed by atoms with van der Waals surface area (Å²) in [7, 11) is 0. The van der Waals surface area contributed by atoms with E-state index in [4.69, 9.17) is 11.6 Å². The molecular formula is C10H8ClN3. The molecule has 0 atom stereocenters. The number of nitrogens with zero attached hydrogens (tertiary/aromatic N) is 3. The highest BCUT2D eigenvalue weighted by Gasteiger charge is 1.97. The molecule has 0 saturated carbocycles. The summed E-state index contributed by atoms with van der Waals surface area (Å²) < 4.78 is 0. The van der Waals surface area contributed by atoms with Gasteiger partial charge >= 0.3 is 0 Å². The highest BCUT2D eigenvalue weighted by atomic mass is 35.5. The number of hydrogen-bond donors (Lipinski definition) is 0. The molecule has 0 aromatic carbocycles. The standard InChI is InChI=1S/C10H8ClN3/c11-10-4-3-9(13-14-10)6-8-2-1-5-12-7-8/h1-5,7H,6H2. The molecule has 2 aromatic heterocycles. The molecule has 0 N–H and O–H groups in total. The van der Waals surface area contributed by atoms with Crippen LogP contribution >= 0.6 is 11.6 Å². The van der Waals surface area contributed by atoms with Crippen molar-refractivity contribution in [2.45, 2.75) is 6.42 Å². The van der Waals surface area contributed by atoms with Gasteiger partial charge in [0.15, 0.2) is 5.15 Å². The molecule has 0 saturated heterocycles. The third kappa shape index (κ3) is 2.26. The Hall–Kier alpha value is -1.48. The monoisotopic (exact) mass is 205 g/mol. The van der Waals surface area contributed by atoms with E-state index >= 15 is 0 Å². The van der Waals surface area contributed by atoms with Gasteiger partial charge in [-0.2, -0.15) is 5.10 Å². The fourth-order valence-electron chi connectivity index (χ4n) is 1.15. The van der Waals surface area contributed by atoms with Gasteiger partial charge in [-0.15, -0.1) is 5.10 Å². The molecule has 0 aliphatic heterocycles. The fourth-order valence-corrected chi connectivity index (χ4v) is 1.25. The van der Waals surface area contributed by atoms with E-state index in [1.807, 2.05) is 24.4 Å². The van der Waals surface area contributed by atoms with Crippen LogP contribution in [-0.4, -0.2) is 15.2 Å². The first-order valence-corrected chi connectivity index (χ1v) is 4.59. The highest BCUT2D eigenvalue weighted by molar-refractivity contribution is 6.29. The summed E-state index contributed by atoms with van der Waals surface area (Å²) in [5, 5.41) is 8.15. The van der Waals surface area contributed by atoms with Crippen molar-refractivity contribution in [1.29, 1.82) is 0 Å². The van der Waals surface area contributed by atoms with E-state index in [0.717, 1.165) is 17.7 Å². The lowest BCUT2D eigenvalue weighted by Crippen LogP contribution is -1.94. The van der Waals surface area contributed by atoms with Crippen LogP contribution in [0.5, 0.6) is 0 Å². The lowest BCUT2D eigenvalue weighted by atomic mass is 10.1. The van der Waals surface area contributed by atoms with E-state index in [9.17, 15) is 0 Å². The number of pyridine rings is 1. The Morgan fingerprint density at radius 2 is 2.07 bits per heavy atom. The van der Waals surface area contributed by atoms with Crippen LogP contribution in [0.2, 0.25) is 5.15 Å². The van der Waals surface area contributed by atoms with E-state index in [0.29, 0.717) is 5.15 Å². The first kappa shape index (κ1) is 9.09. The molecule has 14 heavy (non-hydrogen) atoms. The number of halogens is 1. The average Bonchev–Trinajstić information content (AvgIpc) is 2.23. The Labute approximate surface area is 86.8 Å². The Bertz CT molecular complexity index is 399. The van der Waals surface area contributed by atoms with Gasteiger partial charge in [0.25, 0.3) is 0 Å². The lowest BCUT2D eigenvalue weighted by Gasteiger charge is -1.98. The van der Waals surface area contributed by atoms with Gasteiger partial charge in [0.1, 0.15) is 0 Å². The fraction of sp³-hybridized carbons (Fsp3) is 0.100. The van der Waals surface area contributed by atoms with Crippen molar-refractivity contribution in [2.24, 2.45) is 0 Å². The van der Waals surface area contributed by atoms with E-state index in [-0.39, 0.29) is 0 Å². The summed E-state index contributed by atoms with van der Waals surface area (Å²) in [5.41, 5.74) is 2.01. The van der Waals surface area contributed by atoms with Gasteiger partial charge in [-0.3, -0.25) is 4.98 Å². The number of aromatic nitrogens is 3. The largest absolute Gasteiger partial charge is 0.264 e. The van der Waals surface area contributed by atoms with Crippen molar-refractivity contribution < 1.29 is 0 Å². The van der Waals surface area contributed by atoms with Crippen LogP contribution < -0.4 is 0 Å². The van der Waals surface area contributed by atoms with Gasteiger partial charge in [0, 0.05) is 18.8 Å². The van der Waals surface area contributed by atoms with Gasteiger partial charge in [-0.05, 0) is 23.8 Å². The smallest absolute Gasteiger partial charge is 0.151 e. The average molecular weight is 206 g/mol. The van der Waals surface area contributed by atoms with Crippen LogP contribution in [0.3, 0.4) is 0 Å². The summed E-state index contributed by atoms with van der Waals surface area (Å²) in [6.45, 7) is 0. The van der Waals surface area contributed by atoms with Crippen molar-refractivity contribution in [3.05, 3.63) is 53.1 Å². The Balaban J connectivity index is 2.16. The molecule has 0 fully saturated rings. The minimum Gasteiger partial charge on any atom is -0.264 e. The molecule has 2 heterocycles. The summed E-state index contributed by atoms with van der Waals surface area (Å²) >= 11 is 5.63. The molecule has 0 radical (unpaired) electrons. The van der Waals surface area contributed by atoms with E-state index in [2.05, 4.69) is 15.2 Å². The van der Waals surface area contributed by atoms with Gasteiger partial charge in [0.05, 0.1) is 5.69 Å². The second-order valence-electron chi connectivity index (χ2n) is 2.89. The topological polar surface area (TPSA) is 38.7 Å². The van der Waals surface area contributed by atoms with Crippen molar-refractivity contribution in [3.8, 4) is 0 Å². The molecule has 2 aromatic rings. The van der Waals surface area contributed by atoms with E-state index in [1.54, 1.807) is 12.3 Å². The maximum absolute atomic E-state index is 5.63. The Kier molecular flexibility index (Phi) is 2.70. The summed E-state index contributed by atoms with van der Waals surface area (Å²) in [4.78, 5) is 4.02. The molecule has 3 nitrogen and oxygen atoms in total. The third-order valence-electron chi connectivity index (χ3n) is 1.80. The predicted octanol–water partition coefficient (Wildman–Crippen LogP) is 2.12. The minimum atomic E-state index is 0.417. The van der Waals surface area contributed by atoms with Crippen molar-refractivity contribution in [2.75, 3.05) is 0 Å². The molecule has 0 unspecified atom stereocenters. The maximum Gasteiger partial charge on any atom is 0.151 e. The Morgan fingerprint density at radius 1 is 1.14 bits per heavy atom. The van der Waals surface area contributed by atoms with Crippen molar-refractivity contribution in [1.82, 2.24) is 15.2 Å². The summed E-state index contributed by atoms with van der Waals surface area (Å²) in [6.07, 6.45) is 4.30. The van der Waals surface area contributed by atoms with Gasteiger partial charge in [-0.1, -0.05) is 17.7 Å². The van der Waals surface area contributed by atoms with Crippen LogP contribution in [0.4, 0.5) is 0 Å². The van der Waals surface area contributed by atoms with Crippen LogP contribution in [0.1, 0.15) is 11.3 Å². The van der Waals surface area contributed by atoms with Crippen LogP contribution in [0.15, 0.2) is 36.7 Å². The van der Waals surface area contributed by atoms with E-state index < -0.39 is 0 Å². The van der Waals surface area contributed by atoms with E-state index in [1.165, 1.54) is 0 Å². The predicted molar refractivity (Wildman–Crippen MR) is 54.1 cm³/mol. The zero-order chi connectivity index (χ0) is 9.80. The Morgan fingerprint density at radius 3 is 2.71 bits per heavy atom. The molecule has 4 heteroatoms. The molecular weight excluding hydrogens is 198 g/mol. The zero-order valence-corrected chi connectivity index (χ0v) is 8.15. The van der Waals surface area contributed by atoms with Gasteiger partial charge in [-0.25, -0.2) is 0 Å². The molecule has 0 aliphatic rings. The molecule has 70 valence electrons. The quantitative estimate of drug-likeness (QED) is 0.754. The SMILES string of the molecule is Clc1ccc(Cc2cccnc2)nn1. The lowest BCUT2D eigenvalue weighted by molar-refractivity contribution is 0.934. The van der Waals surface area contributed by atoms with Crippen molar-refractivity contribution >= 4 is 11.6 Å². The summed E-state index contributed by atoms with van der Waals surface area (Å²) in [6, 6.07) is 7.50. The number of rotatable bonds is 2. The first-order valence-electron chi connectivity index (χ1n) is 4.21.